The lowest BCUT2D eigenvalue weighted by Gasteiger charge is -2.32. The number of carbonyl (C=O) groups is 1. The van der Waals surface area contributed by atoms with Crippen LogP contribution in [0.2, 0.25) is 5.02 Å². The van der Waals surface area contributed by atoms with Gasteiger partial charge in [-0.05, 0) is 42.5 Å². The quantitative estimate of drug-likeness (QED) is 0.730. The van der Waals surface area contributed by atoms with Crippen molar-refractivity contribution in [2.45, 2.75) is 17.9 Å². The second-order valence-corrected chi connectivity index (χ2v) is 8.65. The summed E-state index contributed by atoms with van der Waals surface area (Å²) < 4.78 is 10.8. The van der Waals surface area contributed by atoms with Gasteiger partial charge in [-0.15, -0.1) is 11.8 Å². The number of rotatable bonds is 6. The molecule has 2 heterocycles. The van der Waals surface area contributed by atoms with Crippen LogP contribution in [0, 0.1) is 0 Å². The Kier molecular flexibility index (Phi) is 6.29. The lowest BCUT2D eigenvalue weighted by Crippen LogP contribution is -3.13. The first-order valence-corrected chi connectivity index (χ1v) is 10.9. The Balaban J connectivity index is 1.19. The number of fused-ring (bicyclic) bond motifs is 1. The molecule has 5 nitrogen and oxygen atoms in total. The van der Waals surface area contributed by atoms with Crippen LogP contribution in [-0.4, -0.2) is 49.5 Å². The van der Waals surface area contributed by atoms with Gasteiger partial charge in [-0.3, -0.25) is 4.79 Å². The molecule has 7 heteroatoms. The summed E-state index contributed by atoms with van der Waals surface area (Å²) in [6, 6.07) is 13.9. The summed E-state index contributed by atoms with van der Waals surface area (Å²) in [5.41, 5.74) is 1.25. The van der Waals surface area contributed by atoms with Gasteiger partial charge >= 0.3 is 0 Å². The number of nitrogens with zero attached hydrogens (tertiary/aromatic N) is 1. The molecule has 1 N–H and O–H groups in total. The fourth-order valence-corrected chi connectivity index (χ4v) is 4.50. The molecule has 1 saturated heterocycles. The molecule has 0 saturated carbocycles. The number of ether oxygens (including phenoxy) is 2. The maximum absolute atomic E-state index is 12.5. The van der Waals surface area contributed by atoms with Gasteiger partial charge in [0.25, 0.3) is 0 Å². The first-order valence-electron chi connectivity index (χ1n) is 9.55. The zero-order valence-corrected chi connectivity index (χ0v) is 17.2. The molecule has 2 aromatic carbocycles. The Labute approximate surface area is 174 Å². The lowest BCUT2D eigenvalue weighted by atomic mass is 10.1. The topological polar surface area (TPSA) is 43.2 Å². The van der Waals surface area contributed by atoms with E-state index in [9.17, 15) is 4.79 Å². The van der Waals surface area contributed by atoms with Crippen molar-refractivity contribution in [1.82, 2.24) is 4.90 Å². The zero-order chi connectivity index (χ0) is 19.3. The van der Waals surface area contributed by atoms with Crippen molar-refractivity contribution in [3.63, 3.8) is 0 Å². The van der Waals surface area contributed by atoms with Crippen LogP contribution in [0.1, 0.15) is 12.0 Å². The third kappa shape index (κ3) is 4.93. The van der Waals surface area contributed by atoms with Gasteiger partial charge in [-0.25, -0.2) is 0 Å². The average Bonchev–Trinajstić information content (AvgIpc) is 3.18. The van der Waals surface area contributed by atoms with Crippen LogP contribution in [-0.2, 0) is 11.3 Å². The van der Waals surface area contributed by atoms with Crippen molar-refractivity contribution in [3.05, 3.63) is 53.1 Å². The molecule has 0 radical (unpaired) electrons. The van der Waals surface area contributed by atoms with Gasteiger partial charge in [-0.2, -0.15) is 0 Å². The molecule has 4 rings (SSSR count). The summed E-state index contributed by atoms with van der Waals surface area (Å²) in [6.45, 7) is 4.86. The zero-order valence-electron chi connectivity index (χ0n) is 15.7. The fraction of sp³-hybridized carbons (Fsp3) is 0.381. The third-order valence-corrected chi connectivity index (χ3v) is 6.38. The van der Waals surface area contributed by atoms with Crippen LogP contribution in [0.25, 0.3) is 0 Å². The number of benzene rings is 2. The number of thioether (sulfide) groups is 1. The van der Waals surface area contributed by atoms with Crippen LogP contribution in [0.4, 0.5) is 0 Å². The molecule has 0 atom stereocenters. The third-order valence-electron chi connectivity index (χ3n) is 5.11. The molecule has 0 spiro atoms. The minimum absolute atomic E-state index is 0.253. The second-order valence-electron chi connectivity index (χ2n) is 7.05. The minimum Gasteiger partial charge on any atom is -0.454 e. The molecule has 0 unspecified atom stereocenters. The number of carbonyl (C=O) groups excluding carboxylic acids is 1. The van der Waals surface area contributed by atoms with Gasteiger partial charge in [0, 0.05) is 27.7 Å². The normalized spacial score (nSPS) is 16.4. The lowest BCUT2D eigenvalue weighted by molar-refractivity contribution is -0.917. The van der Waals surface area contributed by atoms with E-state index in [0.717, 1.165) is 59.9 Å². The maximum Gasteiger partial charge on any atom is 0.231 e. The summed E-state index contributed by atoms with van der Waals surface area (Å²) in [7, 11) is 0. The van der Waals surface area contributed by atoms with Gasteiger partial charge in [0.05, 0.1) is 26.2 Å². The maximum atomic E-state index is 12.5. The molecule has 148 valence electrons. The number of hydrogen-bond acceptors (Lipinski definition) is 4. The molecule has 0 aromatic heterocycles. The monoisotopic (exact) mass is 419 g/mol. The van der Waals surface area contributed by atoms with Gasteiger partial charge in [0.1, 0.15) is 6.54 Å². The molecule has 2 aliphatic rings. The molecule has 2 aliphatic heterocycles. The van der Waals surface area contributed by atoms with Crippen molar-refractivity contribution in [3.8, 4) is 11.5 Å². The fourth-order valence-electron chi connectivity index (χ4n) is 3.53. The number of nitrogens with one attached hydrogen (secondary N) is 1. The summed E-state index contributed by atoms with van der Waals surface area (Å²) in [5.74, 6) is 2.71. The number of halogens is 1. The highest BCUT2D eigenvalue weighted by Gasteiger charge is 2.24. The van der Waals surface area contributed by atoms with Gasteiger partial charge in [0.15, 0.2) is 11.5 Å². The molecular weight excluding hydrogens is 396 g/mol. The van der Waals surface area contributed by atoms with Gasteiger partial charge in [0.2, 0.25) is 12.7 Å². The number of hydrogen-bond donors (Lipinski definition) is 1. The Hall–Kier alpha value is -1.89. The predicted octanol–water partition coefficient (Wildman–Crippen LogP) is 2.48. The molecule has 0 aliphatic carbocycles. The summed E-state index contributed by atoms with van der Waals surface area (Å²) in [4.78, 5) is 17.1. The Morgan fingerprint density at radius 3 is 2.61 bits per heavy atom. The van der Waals surface area contributed by atoms with E-state index in [4.69, 9.17) is 21.1 Å². The van der Waals surface area contributed by atoms with Crippen molar-refractivity contribution in [1.29, 1.82) is 0 Å². The van der Waals surface area contributed by atoms with Crippen LogP contribution in [0.5, 0.6) is 11.5 Å². The molecule has 2 aromatic rings. The Morgan fingerprint density at radius 1 is 1.07 bits per heavy atom. The van der Waals surface area contributed by atoms with E-state index in [1.54, 1.807) is 11.8 Å². The summed E-state index contributed by atoms with van der Waals surface area (Å²) in [5, 5.41) is 0.738. The highest BCUT2D eigenvalue weighted by Crippen LogP contribution is 2.32. The van der Waals surface area contributed by atoms with Crippen molar-refractivity contribution in [2.24, 2.45) is 0 Å². The van der Waals surface area contributed by atoms with E-state index >= 15 is 0 Å². The van der Waals surface area contributed by atoms with Crippen LogP contribution < -0.4 is 14.4 Å². The minimum atomic E-state index is 0.253. The van der Waals surface area contributed by atoms with Crippen LogP contribution in [0.3, 0.4) is 0 Å². The second kappa shape index (κ2) is 9.07. The highest BCUT2D eigenvalue weighted by molar-refractivity contribution is 7.99. The standard InChI is InChI=1S/C21H23ClN2O3S/c22-17-2-4-18(5-3-17)28-12-7-21(25)24-10-8-23(9-11-24)14-16-1-6-19-20(13-16)27-15-26-19/h1-6,13H,7-12,14-15H2/p+1. The Morgan fingerprint density at radius 2 is 1.82 bits per heavy atom. The molecule has 1 amide bonds. The SMILES string of the molecule is O=C(CCSc1ccc(Cl)cc1)N1CC[NH+](Cc2ccc3c(c2)OCO3)CC1. The first kappa shape index (κ1) is 19.4. The van der Waals surface area contributed by atoms with Crippen LogP contribution in [0.15, 0.2) is 47.4 Å². The molecular formula is C21H24ClN2O3S+. The van der Waals surface area contributed by atoms with Crippen molar-refractivity contribution >= 4 is 29.3 Å². The van der Waals surface area contributed by atoms with E-state index in [-0.39, 0.29) is 5.91 Å². The van der Waals surface area contributed by atoms with E-state index in [2.05, 4.69) is 12.1 Å². The molecule has 1 fully saturated rings. The molecule has 28 heavy (non-hydrogen) atoms. The van der Waals surface area contributed by atoms with E-state index in [0.29, 0.717) is 13.2 Å². The first-order chi connectivity index (χ1) is 13.7. The summed E-state index contributed by atoms with van der Waals surface area (Å²) >= 11 is 7.60. The van der Waals surface area contributed by atoms with Crippen molar-refractivity contribution in [2.75, 3.05) is 38.7 Å². The summed E-state index contributed by atoms with van der Waals surface area (Å²) in [6.07, 6.45) is 0.574. The van der Waals surface area contributed by atoms with E-state index in [1.807, 2.05) is 35.2 Å². The van der Waals surface area contributed by atoms with Gasteiger partial charge < -0.3 is 19.3 Å². The number of piperazine rings is 1. The van der Waals surface area contributed by atoms with E-state index < -0.39 is 0 Å². The van der Waals surface area contributed by atoms with E-state index in [1.165, 1.54) is 10.5 Å². The van der Waals surface area contributed by atoms with Gasteiger partial charge in [-0.1, -0.05) is 11.6 Å². The largest absolute Gasteiger partial charge is 0.454 e. The highest BCUT2D eigenvalue weighted by atomic mass is 35.5. The number of quaternary nitrogens is 1. The van der Waals surface area contributed by atoms with Crippen molar-refractivity contribution < 1.29 is 19.2 Å². The number of amides is 1. The molecule has 0 bridgehead atoms. The van der Waals surface area contributed by atoms with Crippen LogP contribution >= 0.6 is 23.4 Å². The average molecular weight is 420 g/mol. The predicted molar refractivity (Wildman–Crippen MR) is 110 cm³/mol. The smallest absolute Gasteiger partial charge is 0.231 e. The Bertz CT molecular complexity index is 823.